The molecule has 4 rings (SSSR count). The van der Waals surface area contributed by atoms with Gasteiger partial charge < -0.3 is 20.1 Å². The van der Waals surface area contributed by atoms with Gasteiger partial charge in [0.2, 0.25) is 5.91 Å². The summed E-state index contributed by atoms with van der Waals surface area (Å²) >= 11 is 1.27. The molecule has 0 spiro atoms. The van der Waals surface area contributed by atoms with Crippen molar-refractivity contribution in [1.82, 2.24) is 10.2 Å². The number of rotatable bonds is 5. The first kappa shape index (κ1) is 14.3. The SMILES string of the molecule is [2H]C([2H])([2H])C([2H])([2H])Oc1ccc2ccccc2c1C(=O)N[C@@H]1C(=O)N2[C@@H]1SC(C)(C)[C@@H]2C(=O)O. The lowest BCUT2D eigenvalue weighted by atomic mass is 9.95. The van der Waals surface area contributed by atoms with Crippen molar-refractivity contribution in [2.45, 2.75) is 42.9 Å². The fourth-order valence-electron chi connectivity index (χ4n) is 3.98. The Labute approximate surface area is 179 Å². The van der Waals surface area contributed by atoms with Crippen molar-refractivity contribution in [2.75, 3.05) is 6.56 Å². The Balaban J connectivity index is 1.68. The molecule has 0 unspecified atom stereocenters. The Morgan fingerprint density at radius 1 is 1.34 bits per heavy atom. The quantitative estimate of drug-likeness (QED) is 0.723. The van der Waals surface area contributed by atoms with E-state index in [2.05, 4.69) is 5.32 Å². The number of hydrogen-bond acceptors (Lipinski definition) is 5. The van der Waals surface area contributed by atoms with Gasteiger partial charge >= 0.3 is 5.97 Å². The highest BCUT2D eigenvalue weighted by atomic mass is 32.2. The van der Waals surface area contributed by atoms with E-state index in [1.807, 2.05) is 0 Å². The molecule has 2 saturated heterocycles. The molecule has 8 heteroatoms. The predicted octanol–water partition coefficient (Wildman–Crippen LogP) is 2.48. The Bertz CT molecular complexity index is 1200. The normalized spacial score (nSPS) is 28.2. The fraction of sp³-hybridized carbons (Fsp3) is 0.381. The van der Waals surface area contributed by atoms with Crippen LogP contribution in [0.1, 0.15) is 37.9 Å². The second-order valence-corrected chi connectivity index (χ2v) is 9.18. The molecular formula is C21H22N2O5S. The van der Waals surface area contributed by atoms with Crippen LogP contribution in [-0.2, 0) is 9.59 Å². The minimum atomic E-state index is -3.12. The number of thioether (sulfide) groups is 1. The van der Waals surface area contributed by atoms with Gasteiger partial charge in [-0.05, 0) is 37.5 Å². The average Bonchev–Trinajstić information content (AvgIpc) is 2.98. The van der Waals surface area contributed by atoms with Gasteiger partial charge in [0.1, 0.15) is 23.2 Å². The summed E-state index contributed by atoms with van der Waals surface area (Å²) in [6.45, 7) is -2.76. The van der Waals surface area contributed by atoms with E-state index in [0.29, 0.717) is 10.8 Å². The van der Waals surface area contributed by atoms with E-state index in [9.17, 15) is 19.5 Å². The number of nitrogens with one attached hydrogen (secondary N) is 1. The molecule has 0 aliphatic carbocycles. The van der Waals surface area contributed by atoms with Gasteiger partial charge in [-0.15, -0.1) is 11.8 Å². The number of nitrogens with zero attached hydrogens (tertiary/aromatic N) is 1. The zero-order chi connectivity index (χ0) is 25.2. The summed E-state index contributed by atoms with van der Waals surface area (Å²) in [6.07, 6.45) is 0. The molecule has 0 bridgehead atoms. The molecule has 2 amide bonds. The molecule has 0 radical (unpaired) electrons. The second kappa shape index (κ2) is 6.95. The number of carbonyl (C=O) groups is 3. The Morgan fingerprint density at radius 2 is 2.10 bits per heavy atom. The van der Waals surface area contributed by atoms with Gasteiger partial charge in [0, 0.05) is 8.86 Å². The van der Waals surface area contributed by atoms with Crippen molar-refractivity contribution in [1.29, 1.82) is 0 Å². The Hall–Kier alpha value is -2.74. The molecule has 2 aromatic carbocycles. The van der Waals surface area contributed by atoms with E-state index < -0.39 is 53.4 Å². The summed E-state index contributed by atoms with van der Waals surface area (Å²) in [5.41, 5.74) is -0.116. The summed E-state index contributed by atoms with van der Waals surface area (Å²) < 4.78 is 42.3. The topological polar surface area (TPSA) is 95.9 Å². The minimum Gasteiger partial charge on any atom is -0.493 e. The van der Waals surface area contributed by atoms with Gasteiger partial charge in [0.15, 0.2) is 0 Å². The second-order valence-electron chi connectivity index (χ2n) is 7.41. The third-order valence-corrected chi connectivity index (χ3v) is 6.81. The highest BCUT2D eigenvalue weighted by molar-refractivity contribution is 8.01. The number of carboxylic acid groups (broad SMARTS) is 1. The minimum absolute atomic E-state index is 0.116. The van der Waals surface area contributed by atoms with Crippen LogP contribution in [0.5, 0.6) is 5.75 Å². The first-order chi connectivity index (χ1) is 15.7. The monoisotopic (exact) mass is 419 g/mol. The lowest BCUT2D eigenvalue weighted by Crippen LogP contribution is -2.70. The van der Waals surface area contributed by atoms with Crippen LogP contribution in [0, 0.1) is 0 Å². The number of amides is 2. The summed E-state index contributed by atoms with van der Waals surface area (Å²) in [7, 11) is 0. The highest BCUT2D eigenvalue weighted by Crippen LogP contribution is 2.50. The number of carbonyl (C=O) groups excluding carboxylic acids is 2. The molecule has 2 aliphatic heterocycles. The maximum Gasteiger partial charge on any atom is 0.327 e. The molecule has 2 N–H and O–H groups in total. The zero-order valence-electron chi connectivity index (χ0n) is 20.6. The van der Waals surface area contributed by atoms with E-state index in [0.717, 1.165) is 0 Å². The van der Waals surface area contributed by atoms with Crippen molar-refractivity contribution in [2.24, 2.45) is 0 Å². The first-order valence-electron chi connectivity index (χ1n) is 11.4. The van der Waals surface area contributed by atoms with Crippen LogP contribution in [0.25, 0.3) is 10.8 Å². The van der Waals surface area contributed by atoms with Crippen molar-refractivity contribution >= 4 is 40.3 Å². The number of benzene rings is 2. The van der Waals surface area contributed by atoms with Gasteiger partial charge in [0.25, 0.3) is 5.91 Å². The van der Waals surface area contributed by atoms with E-state index in [-0.39, 0.29) is 11.3 Å². The van der Waals surface area contributed by atoms with Gasteiger partial charge in [-0.3, -0.25) is 9.59 Å². The maximum absolute atomic E-state index is 13.4. The lowest BCUT2D eigenvalue weighted by molar-refractivity contribution is -0.159. The third-order valence-electron chi connectivity index (χ3n) is 5.24. The standard InChI is InChI=1S/C21H22N2O5S/c1-4-28-13-10-9-11-7-5-6-8-12(11)14(13)17(24)22-15-18(25)23-16(20(26)27)21(2,3)29-19(15)23/h5-10,15-16,19H,4H2,1-3H3,(H,22,24)(H,26,27)/t15-,16+,19-/m1/s1/i1D3,4D2. The highest BCUT2D eigenvalue weighted by Gasteiger charge is 2.64. The number of hydrogen-bond donors (Lipinski definition) is 2. The van der Waals surface area contributed by atoms with Crippen LogP contribution in [-0.4, -0.2) is 56.6 Å². The van der Waals surface area contributed by atoms with Crippen LogP contribution in [0.3, 0.4) is 0 Å². The molecule has 29 heavy (non-hydrogen) atoms. The number of β-lactam (4-membered cyclic amide) rings is 1. The molecule has 2 aromatic rings. The molecule has 152 valence electrons. The largest absolute Gasteiger partial charge is 0.493 e. The van der Waals surface area contributed by atoms with Crippen LogP contribution in [0.2, 0.25) is 0 Å². The van der Waals surface area contributed by atoms with E-state index in [1.165, 1.54) is 22.7 Å². The zero-order valence-corrected chi connectivity index (χ0v) is 16.4. The van der Waals surface area contributed by atoms with E-state index in [4.69, 9.17) is 11.6 Å². The smallest absolute Gasteiger partial charge is 0.327 e. The van der Waals surface area contributed by atoms with Gasteiger partial charge in [-0.1, -0.05) is 30.3 Å². The van der Waals surface area contributed by atoms with Crippen LogP contribution in [0.15, 0.2) is 36.4 Å². The number of aliphatic carboxylic acids is 1. The van der Waals surface area contributed by atoms with Gasteiger partial charge in [-0.2, -0.15) is 0 Å². The van der Waals surface area contributed by atoms with Gasteiger partial charge in [-0.25, -0.2) is 4.79 Å². The summed E-state index contributed by atoms with van der Waals surface area (Å²) in [5, 5.41) is 12.6. The van der Waals surface area contributed by atoms with Crippen LogP contribution < -0.4 is 10.1 Å². The van der Waals surface area contributed by atoms with Crippen molar-refractivity contribution in [3.8, 4) is 5.75 Å². The van der Waals surface area contributed by atoms with Crippen molar-refractivity contribution in [3.05, 3.63) is 42.0 Å². The van der Waals surface area contributed by atoms with E-state index in [1.54, 1.807) is 44.2 Å². The Kier molecular flexibility index (Phi) is 3.42. The first-order valence-corrected chi connectivity index (χ1v) is 9.78. The molecule has 2 heterocycles. The van der Waals surface area contributed by atoms with Crippen molar-refractivity contribution in [3.63, 3.8) is 0 Å². The van der Waals surface area contributed by atoms with Crippen LogP contribution in [0.4, 0.5) is 0 Å². The molecule has 0 saturated carbocycles. The molecule has 2 fully saturated rings. The summed E-state index contributed by atoms with van der Waals surface area (Å²) in [6, 6.07) is 7.57. The number of ether oxygens (including phenoxy) is 1. The number of carboxylic acids is 1. The molecule has 7 nitrogen and oxygen atoms in total. The van der Waals surface area contributed by atoms with E-state index >= 15 is 0 Å². The summed E-state index contributed by atoms with van der Waals surface area (Å²) in [4.78, 5) is 39.1. The maximum atomic E-state index is 13.4. The average molecular weight is 420 g/mol. The van der Waals surface area contributed by atoms with Crippen molar-refractivity contribution < 1.29 is 31.1 Å². The third kappa shape index (κ3) is 3.02. The fourth-order valence-corrected chi connectivity index (χ4v) is 5.61. The molecule has 3 atom stereocenters. The van der Waals surface area contributed by atoms with Gasteiger partial charge in [0.05, 0.1) is 14.9 Å². The summed E-state index contributed by atoms with van der Waals surface area (Å²) in [5.74, 6) is -2.72. The molecular weight excluding hydrogens is 392 g/mol. The molecule has 2 aliphatic rings. The number of fused-ring (bicyclic) bond motifs is 2. The van der Waals surface area contributed by atoms with Crippen LogP contribution >= 0.6 is 11.8 Å². The lowest BCUT2D eigenvalue weighted by Gasteiger charge is -2.43. The Morgan fingerprint density at radius 3 is 2.83 bits per heavy atom. The predicted molar refractivity (Wildman–Crippen MR) is 110 cm³/mol. The molecule has 0 aromatic heterocycles.